The third kappa shape index (κ3) is 79.1. The van der Waals surface area contributed by atoms with Crippen molar-refractivity contribution in [1.82, 2.24) is 0 Å². The average molecular weight is 1540 g/mol. The molecule has 0 aromatic carbocycles. The molecule has 17 nitrogen and oxygen atoms in total. The number of unbranched alkanes of at least 4 members (excludes halogenated alkanes) is 50. The van der Waals surface area contributed by atoms with Crippen LogP contribution in [0.5, 0.6) is 0 Å². The molecule has 0 rings (SSSR count). The summed E-state index contributed by atoms with van der Waals surface area (Å²) in [6.07, 6.45) is 80.8. The van der Waals surface area contributed by atoms with Gasteiger partial charge < -0.3 is 33.8 Å². The van der Waals surface area contributed by atoms with Crippen LogP contribution in [0.1, 0.15) is 426 Å². The number of esters is 4. The first kappa shape index (κ1) is 103. The Morgan fingerprint density at radius 3 is 0.745 bits per heavy atom. The number of aliphatic hydroxyl groups excluding tert-OH is 1. The van der Waals surface area contributed by atoms with Crippen LogP contribution in [0.2, 0.25) is 0 Å². The summed E-state index contributed by atoms with van der Waals surface area (Å²) >= 11 is 0. The molecule has 0 aromatic heterocycles. The molecular formula is C87H162O17P2. The highest BCUT2D eigenvalue weighted by atomic mass is 31.2. The van der Waals surface area contributed by atoms with Gasteiger partial charge in [-0.15, -0.1) is 0 Å². The van der Waals surface area contributed by atoms with Crippen molar-refractivity contribution in [3.05, 3.63) is 48.6 Å². The van der Waals surface area contributed by atoms with Crippen LogP contribution in [0.15, 0.2) is 48.6 Å². The molecule has 2 unspecified atom stereocenters. The minimum absolute atomic E-state index is 0.0259. The van der Waals surface area contributed by atoms with Crippen molar-refractivity contribution < 1.29 is 80.2 Å². The zero-order chi connectivity index (χ0) is 77.4. The Morgan fingerprint density at radius 2 is 0.472 bits per heavy atom. The molecule has 0 heterocycles. The van der Waals surface area contributed by atoms with Crippen LogP contribution in [-0.2, 0) is 65.4 Å². The van der Waals surface area contributed by atoms with Gasteiger partial charge in [-0.2, -0.15) is 0 Å². The van der Waals surface area contributed by atoms with Crippen LogP contribution in [-0.4, -0.2) is 96.7 Å². The van der Waals surface area contributed by atoms with E-state index < -0.39 is 97.5 Å². The Labute approximate surface area is 648 Å². The summed E-state index contributed by atoms with van der Waals surface area (Å²) in [6.45, 7) is 4.93. The lowest BCUT2D eigenvalue weighted by atomic mass is 10.0. The summed E-state index contributed by atoms with van der Waals surface area (Å²) in [5.74, 6) is -2.19. The van der Waals surface area contributed by atoms with E-state index in [1.54, 1.807) is 0 Å². The largest absolute Gasteiger partial charge is 0.472 e. The number of phosphoric ester groups is 2. The highest BCUT2D eigenvalue weighted by Gasteiger charge is 2.30. The van der Waals surface area contributed by atoms with Crippen LogP contribution >= 0.6 is 15.6 Å². The Hall–Kier alpha value is -2.98. The minimum atomic E-state index is -4.99. The number of carbonyl (C=O) groups excluding carboxylic acids is 4. The van der Waals surface area contributed by atoms with Gasteiger partial charge in [0.25, 0.3) is 0 Å². The van der Waals surface area contributed by atoms with Crippen molar-refractivity contribution in [3.63, 3.8) is 0 Å². The molecule has 106 heavy (non-hydrogen) atoms. The smallest absolute Gasteiger partial charge is 0.462 e. The molecule has 622 valence electrons. The summed E-state index contributed by atoms with van der Waals surface area (Å²) in [4.78, 5) is 73.2. The highest BCUT2D eigenvalue weighted by molar-refractivity contribution is 7.47. The van der Waals surface area contributed by atoms with Gasteiger partial charge in [-0.3, -0.25) is 37.3 Å². The van der Waals surface area contributed by atoms with Gasteiger partial charge >= 0.3 is 39.5 Å². The maximum absolute atomic E-state index is 13.1. The number of hydrogen-bond donors (Lipinski definition) is 3. The van der Waals surface area contributed by atoms with E-state index in [9.17, 15) is 43.2 Å². The van der Waals surface area contributed by atoms with E-state index in [0.29, 0.717) is 32.1 Å². The van der Waals surface area contributed by atoms with Crippen molar-refractivity contribution in [2.45, 2.75) is 444 Å². The number of rotatable bonds is 84. The zero-order valence-electron chi connectivity index (χ0n) is 68.4. The van der Waals surface area contributed by atoms with Gasteiger partial charge in [-0.1, -0.05) is 385 Å². The van der Waals surface area contributed by atoms with Gasteiger partial charge in [0.05, 0.1) is 26.4 Å². The molecule has 3 N–H and O–H groups in total. The van der Waals surface area contributed by atoms with Gasteiger partial charge in [0, 0.05) is 25.7 Å². The lowest BCUT2D eigenvalue weighted by molar-refractivity contribution is -0.161. The van der Waals surface area contributed by atoms with E-state index in [4.69, 9.17) is 37.0 Å². The normalized spacial score (nSPS) is 14.0. The van der Waals surface area contributed by atoms with Crippen molar-refractivity contribution in [3.8, 4) is 0 Å². The van der Waals surface area contributed by atoms with E-state index in [1.807, 2.05) is 12.2 Å². The second-order valence-corrected chi connectivity index (χ2v) is 32.8. The van der Waals surface area contributed by atoms with Gasteiger partial charge in [-0.05, 0) is 64.2 Å². The minimum Gasteiger partial charge on any atom is -0.462 e. The van der Waals surface area contributed by atoms with Crippen LogP contribution in [0.25, 0.3) is 0 Å². The van der Waals surface area contributed by atoms with E-state index in [2.05, 4.69) is 64.2 Å². The monoisotopic (exact) mass is 1540 g/mol. The second kappa shape index (κ2) is 80.1. The molecule has 0 amide bonds. The highest BCUT2D eigenvalue weighted by Crippen LogP contribution is 2.45. The van der Waals surface area contributed by atoms with E-state index in [0.717, 1.165) is 89.9 Å². The van der Waals surface area contributed by atoms with Gasteiger partial charge in [-0.25, -0.2) is 9.13 Å². The van der Waals surface area contributed by atoms with E-state index >= 15 is 0 Å². The average Bonchev–Trinajstić information content (AvgIpc) is 0.902. The van der Waals surface area contributed by atoms with Crippen molar-refractivity contribution in [2.75, 3.05) is 39.6 Å². The van der Waals surface area contributed by atoms with Crippen LogP contribution in [0, 0.1) is 0 Å². The number of carbonyl (C=O) groups is 4. The topological polar surface area (TPSA) is 237 Å². The van der Waals surface area contributed by atoms with Crippen molar-refractivity contribution >= 4 is 39.5 Å². The first-order valence-corrected chi connectivity index (χ1v) is 46.9. The molecule has 0 saturated heterocycles. The predicted octanol–water partition coefficient (Wildman–Crippen LogP) is 26.0. The summed E-state index contributed by atoms with van der Waals surface area (Å²) in [7, 11) is -9.96. The molecular weight excluding hydrogens is 1380 g/mol. The molecule has 0 fully saturated rings. The van der Waals surface area contributed by atoms with Gasteiger partial charge in [0.2, 0.25) is 0 Å². The molecule has 0 saturated carbocycles. The molecule has 0 aliphatic heterocycles. The molecule has 0 aromatic rings. The molecule has 5 atom stereocenters. The fraction of sp³-hybridized carbons (Fsp3) is 0.862. The molecule has 0 radical (unpaired) electrons. The summed E-state index contributed by atoms with van der Waals surface area (Å²) in [6, 6.07) is 0. The zero-order valence-corrected chi connectivity index (χ0v) is 70.2. The Balaban J connectivity index is 5.35. The summed E-state index contributed by atoms with van der Waals surface area (Å²) in [5, 5.41) is 10.7. The standard InChI is InChI=1S/C87H162O17P2/c1-5-9-13-17-21-25-29-33-37-40-44-48-52-56-60-64-68-72-85(90)98-78-83(104-87(92)74-70-66-62-58-54-50-46-42-39-35-31-27-23-19-15-11-7-3)80-102-106(95,96)100-76-81(88)75-99-105(93,94)101-79-82(77-97-84(89)71-67-63-59-55-51-47-43-36-32-28-24-20-16-12-8-4)103-86(91)73-69-65-61-57-53-49-45-41-38-34-30-26-22-18-14-10-6-2/h23,27,35,39,46,50,58,62,81-83,88H,5-22,24-26,28-34,36-38,40-45,47-49,51-57,59-61,63-80H2,1-4H3,(H,93,94)(H,95,96)/b27-23-,39-35-,50-46-,62-58-/t81-,82-,83-/m1/s1. The number of ether oxygens (including phenoxy) is 4. The van der Waals surface area contributed by atoms with E-state index in [1.165, 1.54) is 250 Å². The quantitative estimate of drug-likeness (QED) is 0.0169. The van der Waals surface area contributed by atoms with Crippen LogP contribution in [0.3, 0.4) is 0 Å². The van der Waals surface area contributed by atoms with Crippen LogP contribution < -0.4 is 0 Å². The predicted molar refractivity (Wildman–Crippen MR) is 437 cm³/mol. The van der Waals surface area contributed by atoms with Gasteiger partial charge in [0.15, 0.2) is 12.2 Å². The first-order chi connectivity index (χ1) is 51.7. The maximum atomic E-state index is 13.1. The second-order valence-electron chi connectivity index (χ2n) is 29.9. The number of aliphatic hydroxyl groups is 1. The number of allylic oxidation sites excluding steroid dienone is 8. The Morgan fingerprint density at radius 1 is 0.264 bits per heavy atom. The van der Waals surface area contributed by atoms with Crippen molar-refractivity contribution in [1.29, 1.82) is 0 Å². The third-order valence-electron chi connectivity index (χ3n) is 19.3. The fourth-order valence-corrected chi connectivity index (χ4v) is 14.2. The molecule has 19 heteroatoms. The molecule has 0 spiro atoms. The molecule has 0 bridgehead atoms. The SMILES string of the molecule is CCCCC/C=C\C/C=C\C/C=C\C/C=C\CCCC(=O)O[C@H](COC(=O)CCCCCCCCCCCCCCCCCCC)COP(=O)(O)OC[C@H](O)COP(=O)(O)OC[C@@H](COC(=O)CCCCCCCCCCCCCCCCC)OC(=O)CCCCCCCCCCCCCCCCCCC. The summed E-state index contributed by atoms with van der Waals surface area (Å²) < 4.78 is 68.8. The Kier molecular flexibility index (Phi) is 77.8. The fourth-order valence-electron chi connectivity index (χ4n) is 12.6. The van der Waals surface area contributed by atoms with Crippen LogP contribution in [0.4, 0.5) is 0 Å². The van der Waals surface area contributed by atoms with Crippen molar-refractivity contribution in [2.24, 2.45) is 0 Å². The summed E-state index contributed by atoms with van der Waals surface area (Å²) in [5.41, 5.74) is 0. The lowest BCUT2D eigenvalue weighted by Gasteiger charge is -2.21. The third-order valence-corrected chi connectivity index (χ3v) is 21.2. The van der Waals surface area contributed by atoms with Gasteiger partial charge in [0.1, 0.15) is 19.3 Å². The van der Waals surface area contributed by atoms with E-state index in [-0.39, 0.29) is 25.7 Å². The number of phosphoric acid groups is 2. The Bertz CT molecular complexity index is 2190. The number of hydrogen-bond acceptors (Lipinski definition) is 15. The first-order valence-electron chi connectivity index (χ1n) is 43.9. The lowest BCUT2D eigenvalue weighted by Crippen LogP contribution is -2.30. The molecule has 0 aliphatic carbocycles. The molecule has 0 aliphatic rings. The maximum Gasteiger partial charge on any atom is 0.472 e.